The summed E-state index contributed by atoms with van der Waals surface area (Å²) in [5.74, 6) is 0.898. The third-order valence-corrected chi connectivity index (χ3v) is 5.67. The summed E-state index contributed by atoms with van der Waals surface area (Å²) < 4.78 is 8.10. The molecule has 1 amide bonds. The molecular formula is C25H27N5O3. The highest BCUT2D eigenvalue weighted by Crippen LogP contribution is 2.19. The molecule has 0 radical (unpaired) electrons. The third-order valence-electron chi connectivity index (χ3n) is 5.67. The van der Waals surface area contributed by atoms with Gasteiger partial charge in [0.1, 0.15) is 24.0 Å². The van der Waals surface area contributed by atoms with Crippen LogP contribution in [0.2, 0.25) is 0 Å². The van der Waals surface area contributed by atoms with Crippen molar-refractivity contribution in [1.82, 2.24) is 24.6 Å². The molecule has 0 aliphatic rings. The number of nitrogens with zero attached hydrogens (tertiary/aromatic N) is 4. The van der Waals surface area contributed by atoms with Crippen LogP contribution in [-0.4, -0.2) is 32.3 Å². The predicted molar refractivity (Wildman–Crippen MR) is 127 cm³/mol. The van der Waals surface area contributed by atoms with Crippen molar-refractivity contribution in [3.05, 3.63) is 82.5 Å². The smallest absolute Gasteiger partial charge is 0.264 e. The largest absolute Gasteiger partial charge is 0.497 e. The number of nitrogens with one attached hydrogen (secondary N) is 1. The Hall–Kier alpha value is -3.94. The van der Waals surface area contributed by atoms with Crippen LogP contribution < -0.4 is 15.6 Å². The van der Waals surface area contributed by atoms with Crippen molar-refractivity contribution in [3.63, 3.8) is 0 Å². The third kappa shape index (κ3) is 4.64. The van der Waals surface area contributed by atoms with Gasteiger partial charge in [-0.05, 0) is 48.2 Å². The molecule has 0 spiro atoms. The van der Waals surface area contributed by atoms with Crippen LogP contribution in [0.25, 0.3) is 16.7 Å². The molecule has 0 aliphatic heterocycles. The summed E-state index contributed by atoms with van der Waals surface area (Å²) in [5, 5.41) is 7.63. The van der Waals surface area contributed by atoms with Crippen LogP contribution in [0.4, 0.5) is 0 Å². The first-order valence-electron chi connectivity index (χ1n) is 10.8. The van der Waals surface area contributed by atoms with Gasteiger partial charge >= 0.3 is 0 Å². The van der Waals surface area contributed by atoms with E-state index in [4.69, 9.17) is 4.74 Å². The highest BCUT2D eigenvalue weighted by atomic mass is 16.5. The van der Waals surface area contributed by atoms with Gasteiger partial charge < -0.3 is 10.1 Å². The van der Waals surface area contributed by atoms with Crippen LogP contribution in [0.15, 0.2) is 65.8 Å². The summed E-state index contributed by atoms with van der Waals surface area (Å²) in [4.78, 5) is 29.9. The molecule has 4 aromatic rings. The Bertz CT molecular complexity index is 1320. The van der Waals surface area contributed by atoms with Crippen molar-refractivity contribution in [2.75, 3.05) is 7.11 Å². The lowest BCUT2D eigenvalue weighted by Gasteiger charge is -2.15. The average Bonchev–Trinajstić information content (AvgIpc) is 3.26. The number of amides is 1. The van der Waals surface area contributed by atoms with Gasteiger partial charge in [0.2, 0.25) is 5.91 Å². The maximum absolute atomic E-state index is 13.0. The Balaban J connectivity index is 1.51. The lowest BCUT2D eigenvalue weighted by Crippen LogP contribution is -2.33. The van der Waals surface area contributed by atoms with E-state index < -0.39 is 0 Å². The maximum atomic E-state index is 13.0. The van der Waals surface area contributed by atoms with Crippen LogP contribution in [0.5, 0.6) is 5.75 Å². The highest BCUT2D eigenvalue weighted by Gasteiger charge is 2.15. The molecule has 170 valence electrons. The first-order chi connectivity index (χ1) is 15.9. The van der Waals surface area contributed by atoms with E-state index in [2.05, 4.69) is 29.2 Å². The van der Waals surface area contributed by atoms with Crippen LogP contribution in [0, 0.1) is 0 Å². The van der Waals surface area contributed by atoms with Crippen molar-refractivity contribution in [3.8, 4) is 11.4 Å². The number of benzene rings is 2. The summed E-state index contributed by atoms with van der Waals surface area (Å²) >= 11 is 0. The molecule has 2 heterocycles. The van der Waals surface area contributed by atoms with E-state index in [0.717, 1.165) is 17.0 Å². The fraction of sp³-hybridized carbons (Fsp3) is 0.280. The Morgan fingerprint density at radius 2 is 1.70 bits per heavy atom. The summed E-state index contributed by atoms with van der Waals surface area (Å²) in [7, 11) is 1.61. The van der Waals surface area contributed by atoms with E-state index in [9.17, 15) is 9.59 Å². The molecule has 0 bridgehead atoms. The minimum atomic E-state index is -0.308. The maximum Gasteiger partial charge on any atom is 0.264 e. The number of carbonyl (C=O) groups excluding carboxylic acids is 1. The van der Waals surface area contributed by atoms with E-state index in [1.54, 1.807) is 11.8 Å². The molecule has 1 atom stereocenters. The number of aromatic nitrogens is 4. The van der Waals surface area contributed by atoms with Gasteiger partial charge in [-0.2, -0.15) is 5.10 Å². The Kier molecular flexibility index (Phi) is 6.26. The fourth-order valence-corrected chi connectivity index (χ4v) is 3.67. The van der Waals surface area contributed by atoms with Crippen molar-refractivity contribution in [2.24, 2.45) is 0 Å². The van der Waals surface area contributed by atoms with E-state index in [-0.39, 0.29) is 24.1 Å². The zero-order valence-electron chi connectivity index (χ0n) is 19.1. The van der Waals surface area contributed by atoms with Crippen LogP contribution in [0.3, 0.4) is 0 Å². The molecule has 0 saturated heterocycles. The molecule has 4 rings (SSSR count). The normalized spacial score (nSPS) is 12.2. The fourth-order valence-electron chi connectivity index (χ4n) is 3.67. The molecule has 8 nitrogen and oxygen atoms in total. The quantitative estimate of drug-likeness (QED) is 0.469. The minimum Gasteiger partial charge on any atom is -0.497 e. The first kappa shape index (κ1) is 22.3. The van der Waals surface area contributed by atoms with Gasteiger partial charge in [-0.15, -0.1) is 0 Å². The highest BCUT2D eigenvalue weighted by molar-refractivity contribution is 5.78. The van der Waals surface area contributed by atoms with Crippen molar-refractivity contribution < 1.29 is 9.53 Å². The summed E-state index contributed by atoms with van der Waals surface area (Å²) in [5.41, 5.74) is 3.14. The number of hydrogen-bond acceptors (Lipinski definition) is 5. The van der Waals surface area contributed by atoms with Gasteiger partial charge in [0.25, 0.3) is 5.56 Å². The lowest BCUT2D eigenvalue weighted by atomic mass is 10.0. The van der Waals surface area contributed by atoms with Crippen LogP contribution in [-0.2, 0) is 11.3 Å². The van der Waals surface area contributed by atoms with Crippen molar-refractivity contribution in [2.45, 2.75) is 39.3 Å². The zero-order chi connectivity index (χ0) is 23.5. The van der Waals surface area contributed by atoms with Crippen molar-refractivity contribution in [1.29, 1.82) is 0 Å². The molecule has 1 N–H and O–H groups in total. The van der Waals surface area contributed by atoms with Gasteiger partial charge in [-0.1, -0.05) is 38.1 Å². The topological polar surface area (TPSA) is 91.0 Å². The van der Waals surface area contributed by atoms with Gasteiger partial charge in [0.15, 0.2) is 5.65 Å². The van der Waals surface area contributed by atoms with E-state index in [0.29, 0.717) is 17.0 Å². The number of methoxy groups -OCH3 is 1. The minimum absolute atomic E-state index is 0.128. The number of hydrogen-bond donors (Lipinski definition) is 1. The van der Waals surface area contributed by atoms with E-state index in [1.165, 1.54) is 22.7 Å². The van der Waals surface area contributed by atoms with Gasteiger partial charge in [-0.3, -0.25) is 14.2 Å². The molecule has 2 aromatic heterocycles. The Morgan fingerprint density at radius 1 is 1.03 bits per heavy atom. The van der Waals surface area contributed by atoms with Gasteiger partial charge in [0, 0.05) is 0 Å². The van der Waals surface area contributed by atoms with Crippen LogP contribution in [0.1, 0.15) is 43.9 Å². The molecule has 0 saturated carbocycles. The summed E-state index contributed by atoms with van der Waals surface area (Å²) in [6, 6.07) is 15.3. The van der Waals surface area contributed by atoms with E-state index >= 15 is 0 Å². The number of carbonyl (C=O) groups is 1. The summed E-state index contributed by atoms with van der Waals surface area (Å²) in [6.07, 6.45) is 2.89. The van der Waals surface area contributed by atoms with Crippen LogP contribution >= 0.6 is 0 Å². The lowest BCUT2D eigenvalue weighted by molar-refractivity contribution is -0.122. The molecular weight excluding hydrogens is 418 g/mol. The molecule has 0 unspecified atom stereocenters. The number of ether oxygens (including phenoxy) is 1. The van der Waals surface area contributed by atoms with Crippen molar-refractivity contribution >= 4 is 16.9 Å². The standard InChI is InChI=1S/C25H27N5O3/c1-16(2)18-5-9-20(10-6-18)30-24-22(13-27-30)25(32)29(15-26-24)14-23(31)28-17(3)19-7-11-21(33-4)12-8-19/h5-13,15-17H,14H2,1-4H3,(H,28,31)/t17-/m0/s1. The zero-order valence-corrected chi connectivity index (χ0v) is 19.1. The second-order valence-electron chi connectivity index (χ2n) is 8.28. The Morgan fingerprint density at radius 3 is 2.33 bits per heavy atom. The summed E-state index contributed by atoms with van der Waals surface area (Å²) in [6.45, 7) is 6.03. The number of fused-ring (bicyclic) bond motifs is 1. The second kappa shape index (κ2) is 9.28. The Labute approximate surface area is 191 Å². The molecule has 0 fully saturated rings. The molecule has 0 aliphatic carbocycles. The molecule has 33 heavy (non-hydrogen) atoms. The molecule has 8 heteroatoms. The average molecular weight is 446 g/mol. The van der Waals surface area contributed by atoms with E-state index in [1.807, 2.05) is 55.5 Å². The molecule has 2 aromatic carbocycles. The first-order valence-corrected chi connectivity index (χ1v) is 10.8. The monoisotopic (exact) mass is 445 g/mol. The second-order valence-corrected chi connectivity index (χ2v) is 8.28. The van der Waals surface area contributed by atoms with Gasteiger partial charge in [-0.25, -0.2) is 9.67 Å². The predicted octanol–water partition coefficient (Wildman–Crippen LogP) is 3.59. The SMILES string of the molecule is COc1ccc([C@H](C)NC(=O)Cn2cnc3c(cnn3-c3ccc(C(C)C)cc3)c2=O)cc1. The van der Waals surface area contributed by atoms with Gasteiger partial charge in [0.05, 0.1) is 25.0 Å². The number of rotatable bonds is 7.